The van der Waals surface area contributed by atoms with Crippen molar-refractivity contribution in [3.05, 3.63) is 74.6 Å². The van der Waals surface area contributed by atoms with Gasteiger partial charge in [-0.3, -0.25) is 0 Å². The number of hydrogen-bond acceptors (Lipinski definition) is 5. The molecule has 2 aliphatic heterocycles. The van der Waals surface area contributed by atoms with Gasteiger partial charge in [0, 0.05) is 17.5 Å². The van der Waals surface area contributed by atoms with E-state index in [1.807, 2.05) is 6.07 Å². The van der Waals surface area contributed by atoms with Crippen molar-refractivity contribution in [2.75, 3.05) is 0 Å². The summed E-state index contributed by atoms with van der Waals surface area (Å²) in [6, 6.07) is 14.9. The number of hydrazone groups is 1. The molecule has 114 valence electrons. The molecule has 3 aromatic rings. The van der Waals surface area contributed by atoms with E-state index >= 15 is 0 Å². The lowest BCUT2D eigenvalue weighted by Crippen LogP contribution is -2.33. The average molecular weight is 338 g/mol. The summed E-state index contributed by atoms with van der Waals surface area (Å²) in [6.07, 6.45) is 0.796. The summed E-state index contributed by atoms with van der Waals surface area (Å²) in [4.78, 5) is 1.19. The normalized spacial score (nSPS) is 22.3. The molecule has 2 aromatic heterocycles. The van der Waals surface area contributed by atoms with Gasteiger partial charge in [0.05, 0.1) is 16.6 Å². The summed E-state index contributed by atoms with van der Waals surface area (Å²) in [7, 11) is 0. The minimum atomic E-state index is -0.133. The van der Waals surface area contributed by atoms with E-state index in [1.165, 1.54) is 16.0 Å². The van der Waals surface area contributed by atoms with Gasteiger partial charge in [0.25, 0.3) is 0 Å². The van der Waals surface area contributed by atoms with E-state index < -0.39 is 0 Å². The van der Waals surface area contributed by atoms with Gasteiger partial charge in [-0.05, 0) is 34.3 Å². The number of ether oxygens (including phenoxy) is 1. The van der Waals surface area contributed by atoms with E-state index in [1.54, 1.807) is 22.7 Å². The minimum absolute atomic E-state index is 0.133. The lowest BCUT2D eigenvalue weighted by molar-refractivity contribution is -0.0165. The second-order valence-corrected chi connectivity index (χ2v) is 7.44. The molecule has 23 heavy (non-hydrogen) atoms. The number of thiophene rings is 2. The van der Waals surface area contributed by atoms with E-state index in [0.29, 0.717) is 0 Å². The van der Waals surface area contributed by atoms with Crippen molar-refractivity contribution in [1.82, 2.24) is 5.01 Å². The predicted octanol–water partition coefficient (Wildman–Crippen LogP) is 5.05. The fourth-order valence-corrected chi connectivity index (χ4v) is 4.67. The van der Waals surface area contributed by atoms with Gasteiger partial charge in [0.1, 0.15) is 5.75 Å². The molecule has 0 bridgehead atoms. The Kier molecular flexibility index (Phi) is 3.02. The van der Waals surface area contributed by atoms with Gasteiger partial charge < -0.3 is 4.74 Å². The van der Waals surface area contributed by atoms with Gasteiger partial charge in [0.2, 0.25) is 6.23 Å². The Morgan fingerprint density at radius 3 is 2.87 bits per heavy atom. The maximum atomic E-state index is 6.29. The molecule has 0 spiro atoms. The number of hydrogen-bond donors (Lipinski definition) is 0. The molecule has 0 fully saturated rings. The molecule has 0 N–H and O–H groups in total. The Morgan fingerprint density at radius 1 is 1.09 bits per heavy atom. The van der Waals surface area contributed by atoms with Crippen LogP contribution in [0.5, 0.6) is 5.75 Å². The maximum Gasteiger partial charge on any atom is 0.222 e. The van der Waals surface area contributed by atoms with Crippen LogP contribution in [0.2, 0.25) is 0 Å². The molecule has 0 aliphatic carbocycles. The monoisotopic (exact) mass is 338 g/mol. The van der Waals surface area contributed by atoms with E-state index in [-0.39, 0.29) is 12.3 Å². The van der Waals surface area contributed by atoms with E-state index in [2.05, 4.69) is 57.5 Å². The van der Waals surface area contributed by atoms with Gasteiger partial charge >= 0.3 is 0 Å². The highest BCUT2D eigenvalue weighted by Gasteiger charge is 2.41. The first-order valence-corrected chi connectivity index (χ1v) is 9.40. The molecule has 5 heteroatoms. The third-order valence-corrected chi connectivity index (χ3v) is 5.93. The number of nitrogens with zero attached hydrogens (tertiary/aromatic N) is 2. The molecule has 4 heterocycles. The smallest absolute Gasteiger partial charge is 0.222 e. The number of benzene rings is 1. The lowest BCUT2D eigenvalue weighted by Gasteiger charge is -2.37. The van der Waals surface area contributed by atoms with E-state index in [0.717, 1.165) is 17.9 Å². The van der Waals surface area contributed by atoms with Crippen molar-refractivity contribution in [3.8, 4) is 5.75 Å². The summed E-state index contributed by atoms with van der Waals surface area (Å²) in [5.41, 5.74) is 3.61. The number of rotatable bonds is 2. The summed E-state index contributed by atoms with van der Waals surface area (Å²) in [5.74, 6) is 0.980. The second kappa shape index (κ2) is 5.22. The van der Waals surface area contributed by atoms with Crippen LogP contribution in [0.1, 0.15) is 34.7 Å². The molecule has 1 aromatic carbocycles. The molecule has 3 nitrogen and oxygen atoms in total. The van der Waals surface area contributed by atoms with Crippen LogP contribution in [0.25, 0.3) is 0 Å². The first kappa shape index (κ1) is 13.3. The SMILES string of the molecule is c1csc([C@@H]2Oc3ccccc3[C@H]3CC(c4ccsc4)=NN32)c1. The van der Waals surface area contributed by atoms with Crippen LogP contribution in [0, 0.1) is 0 Å². The Morgan fingerprint density at radius 2 is 2.04 bits per heavy atom. The molecule has 0 unspecified atom stereocenters. The van der Waals surface area contributed by atoms with Crippen LogP contribution in [0.4, 0.5) is 0 Å². The minimum Gasteiger partial charge on any atom is -0.464 e. The molecule has 0 saturated carbocycles. The van der Waals surface area contributed by atoms with Crippen LogP contribution < -0.4 is 4.74 Å². The Hall–Kier alpha value is -2.11. The number of fused-ring (bicyclic) bond motifs is 3. The molecule has 5 rings (SSSR count). The molecule has 0 amide bonds. The largest absolute Gasteiger partial charge is 0.464 e. The highest BCUT2D eigenvalue weighted by Crippen LogP contribution is 2.48. The Bertz CT molecular complexity index is 855. The first-order valence-electron chi connectivity index (χ1n) is 7.57. The zero-order valence-electron chi connectivity index (χ0n) is 12.3. The summed E-state index contributed by atoms with van der Waals surface area (Å²) in [5, 5.41) is 13.4. The van der Waals surface area contributed by atoms with E-state index in [4.69, 9.17) is 9.84 Å². The van der Waals surface area contributed by atoms with Crippen molar-refractivity contribution in [3.63, 3.8) is 0 Å². The highest BCUT2D eigenvalue weighted by molar-refractivity contribution is 7.10. The van der Waals surface area contributed by atoms with Gasteiger partial charge in [-0.25, -0.2) is 5.01 Å². The van der Waals surface area contributed by atoms with Crippen LogP contribution in [-0.2, 0) is 0 Å². The van der Waals surface area contributed by atoms with Crippen LogP contribution in [-0.4, -0.2) is 10.7 Å². The molecule has 2 aliphatic rings. The highest BCUT2D eigenvalue weighted by atomic mass is 32.1. The van der Waals surface area contributed by atoms with Crippen LogP contribution in [0.3, 0.4) is 0 Å². The molecular formula is C18H14N2OS2. The molecule has 0 radical (unpaired) electrons. The fraction of sp³-hybridized carbons (Fsp3) is 0.167. The Labute approximate surface area is 142 Å². The van der Waals surface area contributed by atoms with Crippen molar-refractivity contribution < 1.29 is 4.74 Å². The molecule has 0 saturated heterocycles. The number of para-hydroxylation sites is 1. The zero-order valence-corrected chi connectivity index (χ0v) is 13.9. The average Bonchev–Trinajstić information content (AvgIpc) is 3.34. The summed E-state index contributed by atoms with van der Waals surface area (Å²) < 4.78 is 6.29. The maximum absolute atomic E-state index is 6.29. The quantitative estimate of drug-likeness (QED) is 0.653. The van der Waals surface area contributed by atoms with Gasteiger partial charge in [0.15, 0.2) is 0 Å². The van der Waals surface area contributed by atoms with Gasteiger partial charge in [-0.2, -0.15) is 16.4 Å². The van der Waals surface area contributed by atoms with Gasteiger partial charge in [-0.1, -0.05) is 24.3 Å². The van der Waals surface area contributed by atoms with Crippen molar-refractivity contribution in [1.29, 1.82) is 0 Å². The Balaban J connectivity index is 1.62. The first-order chi connectivity index (χ1) is 11.4. The van der Waals surface area contributed by atoms with Crippen LogP contribution in [0.15, 0.2) is 63.7 Å². The summed E-state index contributed by atoms with van der Waals surface area (Å²) in [6.45, 7) is 0. The third-order valence-electron chi connectivity index (χ3n) is 4.34. The standard InChI is InChI=1S/C18H14N2OS2/c1-2-5-16-13(4-1)15-10-14(12-7-9-22-11-12)19-20(15)18(21-16)17-6-3-8-23-17/h1-9,11,15,18H,10H2/t15-,18+/m1/s1. The van der Waals surface area contributed by atoms with E-state index in [9.17, 15) is 0 Å². The zero-order chi connectivity index (χ0) is 15.2. The van der Waals surface area contributed by atoms with Crippen LogP contribution >= 0.6 is 22.7 Å². The van der Waals surface area contributed by atoms with Crippen molar-refractivity contribution in [2.45, 2.75) is 18.7 Å². The van der Waals surface area contributed by atoms with Crippen molar-refractivity contribution in [2.24, 2.45) is 5.10 Å². The summed E-state index contributed by atoms with van der Waals surface area (Å²) >= 11 is 3.43. The second-order valence-electron chi connectivity index (χ2n) is 5.68. The molecular weight excluding hydrogens is 324 g/mol. The third kappa shape index (κ3) is 2.11. The molecule has 2 atom stereocenters. The topological polar surface area (TPSA) is 24.8 Å². The lowest BCUT2D eigenvalue weighted by atomic mass is 9.97. The predicted molar refractivity (Wildman–Crippen MR) is 94.2 cm³/mol. The van der Waals surface area contributed by atoms with Crippen molar-refractivity contribution >= 4 is 28.4 Å². The van der Waals surface area contributed by atoms with Gasteiger partial charge in [-0.15, -0.1) is 11.3 Å². The fourth-order valence-electron chi connectivity index (χ4n) is 3.26.